The van der Waals surface area contributed by atoms with Gasteiger partial charge in [-0.2, -0.15) is 0 Å². The second-order valence-corrected chi connectivity index (χ2v) is 5.08. The molecule has 98 valence electrons. The van der Waals surface area contributed by atoms with Crippen LogP contribution in [0, 0.1) is 0 Å². The maximum atomic E-state index is 12.1. The van der Waals surface area contributed by atoms with Crippen molar-refractivity contribution in [2.45, 2.75) is 0 Å². The van der Waals surface area contributed by atoms with Gasteiger partial charge in [0, 0.05) is 5.56 Å². The van der Waals surface area contributed by atoms with Gasteiger partial charge < -0.3 is 10.1 Å². The Morgan fingerprint density at radius 1 is 1.37 bits per heavy atom. The fraction of sp³-hybridized carbons (Fsp3) is 0.0833. The fourth-order valence-corrected chi connectivity index (χ4v) is 2.28. The van der Waals surface area contributed by atoms with Gasteiger partial charge in [0.25, 0.3) is 5.91 Å². The lowest BCUT2D eigenvalue weighted by molar-refractivity contribution is 0.102. The minimum atomic E-state index is -0.281. The van der Waals surface area contributed by atoms with Crippen molar-refractivity contribution < 1.29 is 9.53 Å². The molecule has 2 aromatic rings. The maximum absolute atomic E-state index is 12.1. The molecule has 0 saturated heterocycles. The van der Waals surface area contributed by atoms with Gasteiger partial charge in [-0.25, -0.2) is 9.97 Å². The van der Waals surface area contributed by atoms with Gasteiger partial charge in [-0.05, 0) is 50.1 Å². The number of nitrogens with zero attached hydrogens (tertiary/aromatic N) is 2. The van der Waals surface area contributed by atoms with Crippen molar-refractivity contribution in [2.75, 3.05) is 12.4 Å². The Hall–Kier alpha value is -1.47. The number of aromatic nitrogens is 2. The number of carbonyl (C=O) groups is 1. The van der Waals surface area contributed by atoms with Crippen molar-refractivity contribution in [3.05, 3.63) is 45.2 Å². The SMILES string of the molecule is COc1cccc(C(=O)Nc2ncc(Br)nc2Br)c1. The van der Waals surface area contributed by atoms with E-state index < -0.39 is 0 Å². The molecule has 0 spiro atoms. The third-order valence-electron chi connectivity index (χ3n) is 2.26. The van der Waals surface area contributed by atoms with Crippen LogP contribution in [0.3, 0.4) is 0 Å². The molecular formula is C12H9Br2N3O2. The highest BCUT2D eigenvalue weighted by molar-refractivity contribution is 9.11. The molecule has 0 fully saturated rings. The number of methoxy groups -OCH3 is 1. The summed E-state index contributed by atoms with van der Waals surface area (Å²) in [6.45, 7) is 0. The van der Waals surface area contributed by atoms with E-state index >= 15 is 0 Å². The molecule has 0 aliphatic carbocycles. The number of ether oxygens (including phenoxy) is 1. The van der Waals surface area contributed by atoms with E-state index in [2.05, 4.69) is 47.1 Å². The number of anilines is 1. The Morgan fingerprint density at radius 2 is 2.16 bits per heavy atom. The van der Waals surface area contributed by atoms with Crippen LogP contribution in [0.5, 0.6) is 5.75 Å². The summed E-state index contributed by atoms with van der Waals surface area (Å²) < 4.78 is 6.11. The number of benzene rings is 1. The van der Waals surface area contributed by atoms with E-state index in [1.165, 1.54) is 6.20 Å². The number of halogens is 2. The molecule has 7 heteroatoms. The summed E-state index contributed by atoms with van der Waals surface area (Å²) in [6.07, 6.45) is 1.51. The normalized spacial score (nSPS) is 10.1. The quantitative estimate of drug-likeness (QED) is 0.879. The monoisotopic (exact) mass is 385 g/mol. The average molecular weight is 387 g/mol. The zero-order chi connectivity index (χ0) is 13.8. The molecular weight excluding hydrogens is 378 g/mol. The summed E-state index contributed by atoms with van der Waals surface area (Å²) in [5, 5.41) is 2.67. The zero-order valence-electron chi connectivity index (χ0n) is 9.85. The van der Waals surface area contributed by atoms with Crippen LogP contribution in [0.4, 0.5) is 5.82 Å². The maximum Gasteiger partial charge on any atom is 0.257 e. The van der Waals surface area contributed by atoms with Crippen LogP contribution >= 0.6 is 31.9 Å². The van der Waals surface area contributed by atoms with E-state index in [0.717, 1.165) is 0 Å². The standard InChI is InChI=1S/C12H9Br2N3O2/c1-19-8-4-2-3-7(5-8)12(18)17-11-10(14)16-9(13)6-15-11/h2-6H,1H3,(H,15,17,18). The van der Waals surface area contributed by atoms with E-state index in [4.69, 9.17) is 4.74 Å². The zero-order valence-corrected chi connectivity index (χ0v) is 13.0. The van der Waals surface area contributed by atoms with Crippen molar-refractivity contribution >= 4 is 43.6 Å². The first-order valence-electron chi connectivity index (χ1n) is 5.23. The van der Waals surface area contributed by atoms with Gasteiger partial charge in [-0.3, -0.25) is 4.79 Å². The number of hydrogen-bond donors (Lipinski definition) is 1. The van der Waals surface area contributed by atoms with Crippen molar-refractivity contribution in [1.82, 2.24) is 9.97 Å². The molecule has 0 saturated carbocycles. The Bertz CT molecular complexity index is 620. The van der Waals surface area contributed by atoms with Crippen LogP contribution in [0.25, 0.3) is 0 Å². The van der Waals surface area contributed by atoms with Gasteiger partial charge in [-0.15, -0.1) is 0 Å². The number of hydrogen-bond acceptors (Lipinski definition) is 4. The predicted molar refractivity (Wildman–Crippen MR) is 78.4 cm³/mol. The van der Waals surface area contributed by atoms with E-state index in [-0.39, 0.29) is 5.91 Å². The first-order chi connectivity index (χ1) is 9.10. The Kier molecular flexibility index (Phi) is 4.49. The third kappa shape index (κ3) is 3.51. The lowest BCUT2D eigenvalue weighted by atomic mass is 10.2. The largest absolute Gasteiger partial charge is 0.497 e. The van der Waals surface area contributed by atoms with E-state index in [1.54, 1.807) is 31.4 Å². The Balaban J connectivity index is 2.20. The van der Waals surface area contributed by atoms with Crippen molar-refractivity contribution in [1.29, 1.82) is 0 Å². The van der Waals surface area contributed by atoms with Crippen LogP contribution in [-0.2, 0) is 0 Å². The lowest BCUT2D eigenvalue weighted by Crippen LogP contribution is -2.13. The molecule has 0 bridgehead atoms. The predicted octanol–water partition coefficient (Wildman–Crippen LogP) is 3.26. The molecule has 1 aromatic heterocycles. The van der Waals surface area contributed by atoms with Gasteiger partial charge in [0.15, 0.2) is 5.82 Å². The molecule has 5 nitrogen and oxygen atoms in total. The van der Waals surface area contributed by atoms with Crippen LogP contribution < -0.4 is 10.1 Å². The van der Waals surface area contributed by atoms with Gasteiger partial charge in [0.05, 0.1) is 13.3 Å². The average Bonchev–Trinajstić information content (AvgIpc) is 2.42. The molecule has 1 amide bonds. The van der Waals surface area contributed by atoms with Crippen molar-refractivity contribution in [2.24, 2.45) is 0 Å². The molecule has 19 heavy (non-hydrogen) atoms. The summed E-state index contributed by atoms with van der Waals surface area (Å²) in [7, 11) is 1.55. The highest BCUT2D eigenvalue weighted by atomic mass is 79.9. The molecule has 1 N–H and O–H groups in total. The molecule has 1 heterocycles. The van der Waals surface area contributed by atoms with Crippen LogP contribution in [0.2, 0.25) is 0 Å². The number of carbonyl (C=O) groups excluding carboxylic acids is 1. The van der Waals surface area contributed by atoms with Gasteiger partial charge in [0.2, 0.25) is 0 Å². The van der Waals surface area contributed by atoms with Crippen LogP contribution in [0.1, 0.15) is 10.4 Å². The van der Waals surface area contributed by atoms with Crippen molar-refractivity contribution in [3.8, 4) is 5.75 Å². The highest BCUT2D eigenvalue weighted by Gasteiger charge is 2.11. The summed E-state index contributed by atoms with van der Waals surface area (Å²) in [5.41, 5.74) is 0.482. The highest BCUT2D eigenvalue weighted by Crippen LogP contribution is 2.20. The van der Waals surface area contributed by atoms with E-state index in [9.17, 15) is 4.79 Å². The topological polar surface area (TPSA) is 64.1 Å². The van der Waals surface area contributed by atoms with Gasteiger partial charge >= 0.3 is 0 Å². The number of nitrogens with one attached hydrogen (secondary N) is 1. The minimum absolute atomic E-state index is 0.281. The first-order valence-corrected chi connectivity index (χ1v) is 6.82. The van der Waals surface area contributed by atoms with Crippen molar-refractivity contribution in [3.63, 3.8) is 0 Å². The van der Waals surface area contributed by atoms with Gasteiger partial charge in [-0.1, -0.05) is 6.07 Å². The fourth-order valence-electron chi connectivity index (χ4n) is 1.37. The van der Waals surface area contributed by atoms with Crippen LogP contribution in [0.15, 0.2) is 39.7 Å². The smallest absolute Gasteiger partial charge is 0.257 e. The number of rotatable bonds is 3. The van der Waals surface area contributed by atoms with E-state index in [1.807, 2.05) is 0 Å². The number of amides is 1. The minimum Gasteiger partial charge on any atom is -0.497 e. The second kappa shape index (κ2) is 6.12. The Labute approximate surface area is 126 Å². The summed E-state index contributed by atoms with van der Waals surface area (Å²) in [5.74, 6) is 0.695. The molecule has 2 rings (SSSR count). The van der Waals surface area contributed by atoms with Gasteiger partial charge in [0.1, 0.15) is 15.0 Å². The summed E-state index contributed by atoms with van der Waals surface area (Å²) in [4.78, 5) is 20.2. The third-order valence-corrected chi connectivity index (χ3v) is 3.20. The first kappa shape index (κ1) is 14.0. The molecule has 0 aliphatic heterocycles. The molecule has 0 aliphatic rings. The Morgan fingerprint density at radius 3 is 2.84 bits per heavy atom. The molecule has 0 unspecified atom stereocenters. The molecule has 0 atom stereocenters. The summed E-state index contributed by atoms with van der Waals surface area (Å²) in [6, 6.07) is 6.86. The second-order valence-electron chi connectivity index (χ2n) is 3.52. The summed E-state index contributed by atoms with van der Waals surface area (Å²) >= 11 is 6.43. The van der Waals surface area contributed by atoms with Crippen LogP contribution in [-0.4, -0.2) is 23.0 Å². The lowest BCUT2D eigenvalue weighted by Gasteiger charge is -2.07. The molecule has 0 radical (unpaired) electrons. The molecule has 1 aromatic carbocycles. The van der Waals surface area contributed by atoms with E-state index in [0.29, 0.717) is 26.3 Å².